The lowest BCUT2D eigenvalue weighted by Gasteiger charge is -2.30. The van der Waals surface area contributed by atoms with Crippen molar-refractivity contribution in [1.29, 1.82) is 0 Å². The summed E-state index contributed by atoms with van der Waals surface area (Å²) in [5.74, 6) is 1.13. The minimum atomic E-state index is -0.106. The normalized spacial score (nSPS) is 18.4. The molecule has 4 rings (SSSR count). The predicted octanol–water partition coefficient (Wildman–Crippen LogP) is 2.46. The summed E-state index contributed by atoms with van der Waals surface area (Å²) >= 11 is 0. The van der Waals surface area contributed by atoms with Crippen LogP contribution in [0, 0.1) is 0 Å². The van der Waals surface area contributed by atoms with Crippen molar-refractivity contribution in [3.05, 3.63) is 48.0 Å². The van der Waals surface area contributed by atoms with Gasteiger partial charge in [0.1, 0.15) is 22.9 Å². The van der Waals surface area contributed by atoms with Gasteiger partial charge in [0.25, 0.3) is 5.91 Å². The van der Waals surface area contributed by atoms with Crippen LogP contribution in [0.1, 0.15) is 5.56 Å². The van der Waals surface area contributed by atoms with E-state index in [1.807, 2.05) is 24.3 Å². The molecule has 146 valence electrons. The molecule has 2 aromatic carbocycles. The molecule has 1 amide bonds. The average molecular weight is 381 g/mol. The van der Waals surface area contributed by atoms with Crippen molar-refractivity contribution in [2.45, 2.75) is 0 Å². The molecular formula is C21H23N3O4. The van der Waals surface area contributed by atoms with Crippen molar-refractivity contribution in [3.63, 3.8) is 0 Å². The molecule has 1 fully saturated rings. The van der Waals surface area contributed by atoms with Crippen molar-refractivity contribution in [2.24, 2.45) is 4.99 Å². The Morgan fingerprint density at radius 3 is 2.61 bits per heavy atom. The van der Waals surface area contributed by atoms with Gasteiger partial charge in [-0.3, -0.25) is 14.6 Å². The van der Waals surface area contributed by atoms with E-state index in [0.29, 0.717) is 42.8 Å². The van der Waals surface area contributed by atoms with Gasteiger partial charge in [0.15, 0.2) is 0 Å². The molecule has 2 aliphatic heterocycles. The van der Waals surface area contributed by atoms with Crippen molar-refractivity contribution in [2.75, 3.05) is 52.1 Å². The SMILES string of the molecule is COc1ccc(N=C2C(=O)N(CN3CCOCC3)c3ccccc32)c(OC)c1. The molecule has 7 heteroatoms. The van der Waals surface area contributed by atoms with Crippen molar-refractivity contribution in [1.82, 2.24) is 4.90 Å². The first-order chi connectivity index (χ1) is 13.7. The highest BCUT2D eigenvalue weighted by Gasteiger charge is 2.35. The Labute approximate surface area is 164 Å². The lowest BCUT2D eigenvalue weighted by atomic mass is 10.1. The second-order valence-electron chi connectivity index (χ2n) is 6.62. The smallest absolute Gasteiger partial charge is 0.278 e. The lowest BCUT2D eigenvalue weighted by molar-refractivity contribution is -0.112. The highest BCUT2D eigenvalue weighted by molar-refractivity contribution is 6.54. The average Bonchev–Trinajstić information content (AvgIpc) is 3.00. The summed E-state index contributed by atoms with van der Waals surface area (Å²) in [6, 6.07) is 13.1. The van der Waals surface area contributed by atoms with Crippen LogP contribution in [0.5, 0.6) is 11.5 Å². The van der Waals surface area contributed by atoms with Gasteiger partial charge in [0.05, 0.1) is 39.8 Å². The summed E-state index contributed by atoms with van der Waals surface area (Å²) in [5, 5.41) is 0. The van der Waals surface area contributed by atoms with Gasteiger partial charge in [0.2, 0.25) is 0 Å². The first-order valence-corrected chi connectivity index (χ1v) is 9.23. The van der Waals surface area contributed by atoms with Gasteiger partial charge in [-0.25, -0.2) is 4.99 Å². The maximum atomic E-state index is 13.2. The molecule has 0 unspecified atom stereocenters. The van der Waals surface area contributed by atoms with E-state index < -0.39 is 0 Å². The zero-order valence-electron chi connectivity index (χ0n) is 16.1. The number of aliphatic imine (C=N–C) groups is 1. The molecule has 0 aliphatic carbocycles. The molecule has 28 heavy (non-hydrogen) atoms. The maximum Gasteiger partial charge on any atom is 0.278 e. The molecule has 0 atom stereocenters. The number of hydrogen-bond donors (Lipinski definition) is 0. The van der Waals surface area contributed by atoms with Gasteiger partial charge < -0.3 is 14.2 Å². The first-order valence-electron chi connectivity index (χ1n) is 9.23. The second kappa shape index (κ2) is 8.00. The largest absolute Gasteiger partial charge is 0.497 e. The molecule has 0 radical (unpaired) electrons. The number of amides is 1. The van der Waals surface area contributed by atoms with Crippen LogP contribution < -0.4 is 14.4 Å². The Morgan fingerprint density at radius 2 is 1.86 bits per heavy atom. The summed E-state index contributed by atoms with van der Waals surface area (Å²) < 4.78 is 16.1. The topological polar surface area (TPSA) is 63.6 Å². The van der Waals surface area contributed by atoms with E-state index in [9.17, 15) is 4.79 Å². The number of carbonyl (C=O) groups is 1. The number of benzene rings is 2. The number of anilines is 1. The van der Waals surface area contributed by atoms with Crippen LogP contribution in [0.3, 0.4) is 0 Å². The number of morpholine rings is 1. The Hall–Kier alpha value is -2.90. The van der Waals surface area contributed by atoms with Crippen molar-refractivity contribution in [3.8, 4) is 11.5 Å². The molecule has 0 bridgehead atoms. The third-order valence-electron chi connectivity index (χ3n) is 4.96. The lowest BCUT2D eigenvalue weighted by Crippen LogP contribution is -2.45. The number of ether oxygens (including phenoxy) is 3. The third kappa shape index (κ3) is 3.46. The summed E-state index contributed by atoms with van der Waals surface area (Å²) in [7, 11) is 3.17. The van der Waals surface area contributed by atoms with Crippen LogP contribution in [0.25, 0.3) is 0 Å². The van der Waals surface area contributed by atoms with E-state index >= 15 is 0 Å². The minimum Gasteiger partial charge on any atom is -0.497 e. The van der Waals surface area contributed by atoms with Crippen LogP contribution in [0.15, 0.2) is 47.5 Å². The Balaban J connectivity index is 1.70. The van der Waals surface area contributed by atoms with E-state index in [0.717, 1.165) is 24.3 Å². The molecule has 1 saturated heterocycles. The molecule has 0 saturated carbocycles. The van der Waals surface area contributed by atoms with Gasteiger partial charge in [-0.05, 0) is 18.2 Å². The highest BCUT2D eigenvalue weighted by atomic mass is 16.5. The Bertz CT molecular complexity index is 906. The quantitative estimate of drug-likeness (QED) is 0.796. The molecule has 2 aromatic rings. The predicted molar refractivity (Wildman–Crippen MR) is 107 cm³/mol. The number of fused-ring (bicyclic) bond motifs is 1. The van der Waals surface area contributed by atoms with Crippen LogP contribution in [0.2, 0.25) is 0 Å². The van der Waals surface area contributed by atoms with Crippen LogP contribution in [-0.4, -0.2) is 63.7 Å². The number of rotatable bonds is 5. The molecule has 7 nitrogen and oxygen atoms in total. The summed E-state index contributed by atoms with van der Waals surface area (Å²) in [5.41, 5.74) is 2.73. The van der Waals surface area contributed by atoms with Gasteiger partial charge in [-0.2, -0.15) is 0 Å². The summed E-state index contributed by atoms with van der Waals surface area (Å²) in [6.07, 6.45) is 0. The second-order valence-corrected chi connectivity index (χ2v) is 6.62. The third-order valence-corrected chi connectivity index (χ3v) is 4.96. The number of nitrogens with zero attached hydrogens (tertiary/aromatic N) is 3. The first kappa shape index (κ1) is 18.5. The fourth-order valence-electron chi connectivity index (χ4n) is 3.45. The van der Waals surface area contributed by atoms with Gasteiger partial charge in [0, 0.05) is 24.7 Å². The molecule has 2 heterocycles. The fourth-order valence-corrected chi connectivity index (χ4v) is 3.45. The van der Waals surface area contributed by atoms with Gasteiger partial charge >= 0.3 is 0 Å². The number of methoxy groups -OCH3 is 2. The van der Waals surface area contributed by atoms with Gasteiger partial charge in [-0.15, -0.1) is 0 Å². The van der Waals surface area contributed by atoms with Crippen LogP contribution in [-0.2, 0) is 9.53 Å². The highest BCUT2D eigenvalue weighted by Crippen LogP contribution is 2.35. The van der Waals surface area contributed by atoms with E-state index in [4.69, 9.17) is 14.2 Å². The fraction of sp³-hybridized carbons (Fsp3) is 0.333. The number of hydrogen-bond acceptors (Lipinski definition) is 6. The van der Waals surface area contributed by atoms with Crippen LogP contribution in [0.4, 0.5) is 11.4 Å². The zero-order chi connectivity index (χ0) is 19.5. The molecule has 2 aliphatic rings. The van der Waals surface area contributed by atoms with Crippen molar-refractivity contribution < 1.29 is 19.0 Å². The van der Waals surface area contributed by atoms with E-state index in [1.165, 1.54) is 0 Å². The zero-order valence-corrected chi connectivity index (χ0v) is 16.1. The van der Waals surface area contributed by atoms with Crippen LogP contribution >= 0.6 is 0 Å². The minimum absolute atomic E-state index is 0.106. The molecule has 0 N–H and O–H groups in total. The standard InChI is InChI=1S/C21H23N3O4/c1-26-15-7-8-17(19(13-15)27-2)22-20-16-5-3-4-6-18(16)24(21(20)25)14-23-9-11-28-12-10-23/h3-8,13H,9-12,14H2,1-2H3. The van der Waals surface area contributed by atoms with E-state index in [-0.39, 0.29) is 5.91 Å². The summed E-state index contributed by atoms with van der Waals surface area (Å²) in [6.45, 7) is 3.52. The molecular weight excluding hydrogens is 358 g/mol. The maximum absolute atomic E-state index is 13.2. The van der Waals surface area contributed by atoms with Gasteiger partial charge in [-0.1, -0.05) is 18.2 Å². The number of para-hydroxylation sites is 1. The Kier molecular flexibility index (Phi) is 5.27. The summed E-state index contributed by atoms with van der Waals surface area (Å²) in [4.78, 5) is 21.9. The van der Waals surface area contributed by atoms with E-state index in [2.05, 4.69) is 9.89 Å². The van der Waals surface area contributed by atoms with Crippen molar-refractivity contribution >= 4 is 23.0 Å². The molecule has 0 aromatic heterocycles. The number of carbonyl (C=O) groups excluding carboxylic acids is 1. The monoisotopic (exact) mass is 381 g/mol. The molecule has 0 spiro atoms. The van der Waals surface area contributed by atoms with E-state index in [1.54, 1.807) is 37.3 Å². The Morgan fingerprint density at radius 1 is 1.07 bits per heavy atom.